The molecule has 2 rings (SSSR count). The summed E-state index contributed by atoms with van der Waals surface area (Å²) in [5.74, 6) is 5.63. The highest BCUT2D eigenvalue weighted by Gasteiger charge is 2.24. The van der Waals surface area contributed by atoms with Gasteiger partial charge in [-0.1, -0.05) is 11.6 Å². The van der Waals surface area contributed by atoms with Crippen LogP contribution in [0, 0.1) is 0 Å². The number of piperidine rings is 1. The van der Waals surface area contributed by atoms with Crippen LogP contribution in [0.5, 0.6) is 0 Å². The molecular weight excluding hydrogens is 280 g/mol. The molecule has 0 aromatic carbocycles. The van der Waals surface area contributed by atoms with Gasteiger partial charge < -0.3 is 15.1 Å². The number of anilines is 1. The van der Waals surface area contributed by atoms with Crippen LogP contribution in [0.1, 0.15) is 30.1 Å². The van der Waals surface area contributed by atoms with Gasteiger partial charge in [0, 0.05) is 25.3 Å². The number of nitrogen functional groups attached to an aromatic ring is 1. The van der Waals surface area contributed by atoms with Crippen LogP contribution in [-0.2, 0) is 4.74 Å². The lowest BCUT2D eigenvalue weighted by atomic mass is 10.1. The Morgan fingerprint density at radius 1 is 1.55 bits per heavy atom. The van der Waals surface area contributed by atoms with E-state index in [1.165, 1.54) is 0 Å². The fourth-order valence-electron chi connectivity index (χ4n) is 2.34. The average molecular weight is 299 g/mol. The van der Waals surface area contributed by atoms with Crippen molar-refractivity contribution in [2.24, 2.45) is 5.84 Å². The molecule has 0 spiro atoms. The Balaban J connectivity index is 2.03. The Hall–Kier alpha value is -1.37. The number of rotatable bonds is 4. The number of hydrogen-bond acceptors (Lipinski definition) is 5. The zero-order valence-corrected chi connectivity index (χ0v) is 12.2. The Bertz CT molecular complexity index is 475. The van der Waals surface area contributed by atoms with Crippen molar-refractivity contribution in [3.8, 4) is 0 Å². The molecule has 1 aromatic heterocycles. The smallest absolute Gasteiger partial charge is 0.254 e. The number of amides is 1. The summed E-state index contributed by atoms with van der Waals surface area (Å²) in [6, 6.07) is 3.15. The second-order valence-electron chi connectivity index (χ2n) is 4.66. The van der Waals surface area contributed by atoms with Gasteiger partial charge in [-0.05, 0) is 31.9 Å². The van der Waals surface area contributed by atoms with E-state index in [2.05, 4.69) is 10.4 Å². The van der Waals surface area contributed by atoms with Crippen molar-refractivity contribution in [1.82, 2.24) is 9.88 Å². The first kappa shape index (κ1) is 15.0. The first-order valence-corrected chi connectivity index (χ1v) is 7.07. The average Bonchev–Trinajstić information content (AvgIpc) is 2.47. The van der Waals surface area contributed by atoms with E-state index in [-0.39, 0.29) is 17.2 Å². The first-order valence-electron chi connectivity index (χ1n) is 6.69. The molecule has 1 aliphatic heterocycles. The van der Waals surface area contributed by atoms with Crippen molar-refractivity contribution in [3.63, 3.8) is 0 Å². The van der Waals surface area contributed by atoms with Gasteiger partial charge in [0.15, 0.2) is 0 Å². The number of pyridine rings is 1. The molecule has 1 fully saturated rings. The number of hydrazine groups is 1. The van der Waals surface area contributed by atoms with Gasteiger partial charge >= 0.3 is 0 Å². The van der Waals surface area contributed by atoms with Crippen LogP contribution in [0.2, 0.25) is 5.15 Å². The van der Waals surface area contributed by atoms with Crippen molar-refractivity contribution < 1.29 is 9.53 Å². The molecule has 0 bridgehead atoms. The number of nitrogens with zero attached hydrogens (tertiary/aromatic N) is 2. The van der Waals surface area contributed by atoms with E-state index in [1.807, 2.05) is 11.8 Å². The van der Waals surface area contributed by atoms with Crippen LogP contribution in [-0.4, -0.2) is 41.6 Å². The predicted octanol–water partition coefficient (Wildman–Crippen LogP) is 1.66. The molecule has 1 amide bonds. The highest BCUT2D eigenvalue weighted by Crippen LogP contribution is 2.19. The molecule has 0 saturated carbocycles. The van der Waals surface area contributed by atoms with Crippen LogP contribution < -0.4 is 11.3 Å². The topological polar surface area (TPSA) is 80.5 Å². The molecular formula is C13H19ClN4O2. The Morgan fingerprint density at radius 3 is 2.85 bits per heavy atom. The van der Waals surface area contributed by atoms with Gasteiger partial charge in [-0.15, -0.1) is 0 Å². The standard InChI is InChI=1S/C13H19ClN4O2/c1-2-20-10-3-5-18(6-4-10)13(19)9-7-11(14)16-12(8-9)17-15/h7-8,10H,2-6,15H2,1H3,(H,16,17). The fourth-order valence-corrected chi connectivity index (χ4v) is 2.55. The van der Waals surface area contributed by atoms with E-state index in [0.29, 0.717) is 31.1 Å². The normalized spacial score (nSPS) is 16.2. The van der Waals surface area contributed by atoms with E-state index >= 15 is 0 Å². The number of aromatic nitrogens is 1. The molecule has 3 N–H and O–H groups in total. The van der Waals surface area contributed by atoms with Crippen molar-refractivity contribution in [2.45, 2.75) is 25.9 Å². The van der Waals surface area contributed by atoms with Crippen LogP contribution in [0.25, 0.3) is 0 Å². The maximum atomic E-state index is 12.4. The van der Waals surface area contributed by atoms with E-state index in [1.54, 1.807) is 12.1 Å². The van der Waals surface area contributed by atoms with Gasteiger partial charge in [-0.2, -0.15) is 0 Å². The summed E-state index contributed by atoms with van der Waals surface area (Å²) in [6.07, 6.45) is 1.98. The number of nitrogens with two attached hydrogens (primary N) is 1. The molecule has 7 heteroatoms. The van der Waals surface area contributed by atoms with Crippen LogP contribution in [0.4, 0.5) is 5.82 Å². The van der Waals surface area contributed by atoms with E-state index in [9.17, 15) is 4.79 Å². The van der Waals surface area contributed by atoms with E-state index < -0.39 is 0 Å². The molecule has 20 heavy (non-hydrogen) atoms. The van der Waals surface area contributed by atoms with Gasteiger partial charge in [0.2, 0.25) is 0 Å². The highest BCUT2D eigenvalue weighted by molar-refractivity contribution is 6.29. The lowest BCUT2D eigenvalue weighted by Gasteiger charge is -2.31. The molecule has 0 aliphatic carbocycles. The zero-order valence-electron chi connectivity index (χ0n) is 11.4. The van der Waals surface area contributed by atoms with E-state index in [4.69, 9.17) is 22.2 Å². The third-order valence-corrected chi connectivity index (χ3v) is 3.51. The fraction of sp³-hybridized carbons (Fsp3) is 0.538. The molecule has 110 valence electrons. The molecule has 0 radical (unpaired) electrons. The number of halogens is 1. The number of ether oxygens (including phenoxy) is 1. The van der Waals surface area contributed by atoms with Crippen molar-refractivity contribution in [2.75, 3.05) is 25.1 Å². The van der Waals surface area contributed by atoms with Gasteiger partial charge in [-0.25, -0.2) is 10.8 Å². The number of nitrogens with one attached hydrogen (secondary N) is 1. The molecule has 2 heterocycles. The monoisotopic (exact) mass is 298 g/mol. The maximum absolute atomic E-state index is 12.4. The highest BCUT2D eigenvalue weighted by atomic mass is 35.5. The summed E-state index contributed by atoms with van der Waals surface area (Å²) >= 11 is 5.88. The lowest BCUT2D eigenvalue weighted by molar-refractivity contribution is 0.0146. The summed E-state index contributed by atoms with van der Waals surface area (Å²) in [6.45, 7) is 4.08. The van der Waals surface area contributed by atoms with Crippen LogP contribution >= 0.6 is 11.6 Å². The summed E-state index contributed by atoms with van der Waals surface area (Å²) in [4.78, 5) is 18.2. The second-order valence-corrected chi connectivity index (χ2v) is 5.04. The SMILES string of the molecule is CCOC1CCN(C(=O)c2cc(Cl)nc(NN)c2)CC1. The summed E-state index contributed by atoms with van der Waals surface area (Å²) in [5, 5.41) is 0.244. The first-order chi connectivity index (χ1) is 9.63. The molecule has 0 atom stereocenters. The van der Waals surface area contributed by atoms with Crippen molar-refractivity contribution >= 4 is 23.3 Å². The van der Waals surface area contributed by atoms with Gasteiger partial charge in [0.05, 0.1) is 6.10 Å². The number of hydrogen-bond donors (Lipinski definition) is 2. The number of carbonyl (C=O) groups is 1. The minimum absolute atomic E-state index is 0.0549. The molecule has 1 aliphatic rings. The summed E-state index contributed by atoms with van der Waals surface area (Å²) < 4.78 is 5.58. The largest absolute Gasteiger partial charge is 0.378 e. The predicted molar refractivity (Wildman–Crippen MR) is 77.6 cm³/mol. The van der Waals surface area contributed by atoms with Gasteiger partial charge in [0.1, 0.15) is 11.0 Å². The quantitative estimate of drug-likeness (QED) is 0.502. The lowest BCUT2D eigenvalue weighted by Crippen LogP contribution is -2.41. The van der Waals surface area contributed by atoms with Gasteiger partial charge in [0.25, 0.3) is 5.91 Å². The zero-order chi connectivity index (χ0) is 14.5. The van der Waals surface area contributed by atoms with Crippen molar-refractivity contribution in [3.05, 3.63) is 22.8 Å². The molecule has 1 aromatic rings. The Kier molecular flexibility index (Phi) is 5.17. The Morgan fingerprint density at radius 2 is 2.25 bits per heavy atom. The Labute approximate surface area is 123 Å². The molecule has 1 saturated heterocycles. The third kappa shape index (κ3) is 3.59. The number of carbonyl (C=O) groups excluding carboxylic acids is 1. The summed E-state index contributed by atoms with van der Waals surface area (Å²) in [5.41, 5.74) is 2.90. The van der Waals surface area contributed by atoms with E-state index in [0.717, 1.165) is 12.8 Å². The van der Waals surface area contributed by atoms with Crippen molar-refractivity contribution in [1.29, 1.82) is 0 Å². The minimum atomic E-state index is -0.0549. The number of likely N-dealkylation sites (tertiary alicyclic amines) is 1. The van der Waals surface area contributed by atoms with Crippen LogP contribution in [0.15, 0.2) is 12.1 Å². The summed E-state index contributed by atoms with van der Waals surface area (Å²) in [7, 11) is 0. The van der Waals surface area contributed by atoms with Gasteiger partial charge in [-0.3, -0.25) is 4.79 Å². The minimum Gasteiger partial charge on any atom is -0.378 e. The molecule has 6 nitrogen and oxygen atoms in total. The second kappa shape index (κ2) is 6.88. The molecule has 0 unspecified atom stereocenters. The van der Waals surface area contributed by atoms with Crippen LogP contribution in [0.3, 0.4) is 0 Å². The maximum Gasteiger partial charge on any atom is 0.254 e. The third-order valence-electron chi connectivity index (χ3n) is 3.32.